The van der Waals surface area contributed by atoms with E-state index in [1.165, 1.54) is 46.4 Å². The molecule has 1 atom stereocenters. The number of halogens is 3. The minimum absolute atomic E-state index is 0.210. The highest BCUT2D eigenvalue weighted by Crippen LogP contribution is 2.36. The molecule has 5 rings (SSSR count). The van der Waals surface area contributed by atoms with Crippen molar-refractivity contribution < 1.29 is 22.7 Å². The summed E-state index contributed by atoms with van der Waals surface area (Å²) in [6, 6.07) is 18.9. The highest BCUT2D eigenvalue weighted by atomic mass is 32.2. The molecule has 1 aliphatic heterocycles. The second kappa shape index (κ2) is 13.8. The number of alkyl halides is 3. The second-order valence-electron chi connectivity index (χ2n) is 11.3. The summed E-state index contributed by atoms with van der Waals surface area (Å²) in [4.78, 5) is 24.0. The van der Waals surface area contributed by atoms with Crippen LogP contribution >= 0.6 is 11.8 Å². The van der Waals surface area contributed by atoms with Gasteiger partial charge in [-0.25, -0.2) is 14.5 Å². The fraction of sp³-hybridized carbons (Fsp3) is 0.294. The monoisotopic (exact) mass is 648 g/mol. The van der Waals surface area contributed by atoms with E-state index in [2.05, 4.69) is 75.9 Å². The average Bonchev–Trinajstić information content (AvgIpc) is 3.50. The minimum atomic E-state index is -4.75. The van der Waals surface area contributed by atoms with Gasteiger partial charge in [-0.05, 0) is 85.7 Å². The number of anilines is 1. The van der Waals surface area contributed by atoms with Gasteiger partial charge >= 0.3 is 12.4 Å². The number of carbonyl (C=O) groups excluding carboxylic acids is 1. The van der Waals surface area contributed by atoms with Crippen LogP contribution in [0.1, 0.15) is 56.7 Å². The first kappa shape index (κ1) is 32.8. The number of amidine groups is 1. The quantitative estimate of drug-likeness (QED) is 0.216. The van der Waals surface area contributed by atoms with E-state index in [-0.39, 0.29) is 11.8 Å². The summed E-state index contributed by atoms with van der Waals surface area (Å²) in [5.74, 6) is 1.36. The molecule has 1 fully saturated rings. The predicted octanol–water partition coefficient (Wildman–Crippen LogP) is 8.72. The molecule has 0 spiro atoms. The van der Waals surface area contributed by atoms with E-state index in [1.54, 1.807) is 18.0 Å². The Bertz CT molecular complexity index is 1750. The van der Waals surface area contributed by atoms with Gasteiger partial charge in [-0.1, -0.05) is 62.0 Å². The fourth-order valence-electron chi connectivity index (χ4n) is 5.34. The van der Waals surface area contributed by atoms with Gasteiger partial charge in [0.1, 0.15) is 12.1 Å². The molecule has 8 nitrogen and oxygen atoms in total. The first-order chi connectivity index (χ1) is 21.9. The normalized spacial score (nSPS) is 16.6. The van der Waals surface area contributed by atoms with Crippen molar-refractivity contribution in [2.75, 3.05) is 10.7 Å². The summed E-state index contributed by atoms with van der Waals surface area (Å²) in [7, 11) is 0. The molecule has 240 valence electrons. The molecule has 46 heavy (non-hydrogen) atoms. The van der Waals surface area contributed by atoms with E-state index in [0.29, 0.717) is 22.6 Å². The molecule has 0 aliphatic carbocycles. The molecule has 1 unspecified atom stereocenters. The number of amides is 2. The third kappa shape index (κ3) is 7.79. The third-order valence-electron chi connectivity index (χ3n) is 7.59. The second-order valence-corrected chi connectivity index (χ2v) is 12.4. The van der Waals surface area contributed by atoms with Gasteiger partial charge < -0.3 is 15.0 Å². The number of carbonyl (C=O) groups is 1. The van der Waals surface area contributed by atoms with E-state index in [9.17, 15) is 18.0 Å². The van der Waals surface area contributed by atoms with Crippen LogP contribution < -0.4 is 15.0 Å². The van der Waals surface area contributed by atoms with Crippen LogP contribution in [-0.4, -0.2) is 44.1 Å². The van der Waals surface area contributed by atoms with Crippen molar-refractivity contribution >= 4 is 34.2 Å². The minimum Gasteiger partial charge on any atom is -0.406 e. The smallest absolute Gasteiger partial charge is 0.406 e. The first-order valence-corrected chi connectivity index (χ1v) is 15.8. The Morgan fingerprint density at radius 2 is 1.83 bits per heavy atom. The van der Waals surface area contributed by atoms with Gasteiger partial charge in [0.15, 0.2) is 11.0 Å². The zero-order valence-corrected chi connectivity index (χ0v) is 27.0. The van der Waals surface area contributed by atoms with Crippen molar-refractivity contribution in [3.8, 4) is 22.8 Å². The predicted molar refractivity (Wildman–Crippen MR) is 177 cm³/mol. The Hall–Kier alpha value is -4.58. The summed E-state index contributed by atoms with van der Waals surface area (Å²) >= 11 is 1.59. The molecule has 0 saturated carbocycles. The van der Waals surface area contributed by atoms with Crippen LogP contribution in [0.3, 0.4) is 0 Å². The Morgan fingerprint density at radius 1 is 1.11 bits per heavy atom. The molecule has 0 radical (unpaired) electrons. The van der Waals surface area contributed by atoms with Crippen LogP contribution in [-0.2, 0) is 0 Å². The Balaban J connectivity index is 1.26. The van der Waals surface area contributed by atoms with Crippen molar-refractivity contribution in [3.63, 3.8) is 0 Å². The van der Waals surface area contributed by atoms with Crippen molar-refractivity contribution in [1.29, 1.82) is 0 Å². The van der Waals surface area contributed by atoms with Crippen molar-refractivity contribution in [3.05, 3.63) is 95.9 Å². The number of thioether (sulfide) groups is 1. The summed E-state index contributed by atoms with van der Waals surface area (Å²) in [6.45, 7) is 10.6. The van der Waals surface area contributed by atoms with Gasteiger partial charge in [0.25, 0.3) is 0 Å². The van der Waals surface area contributed by atoms with Crippen LogP contribution in [0.25, 0.3) is 22.6 Å². The van der Waals surface area contributed by atoms with E-state index >= 15 is 0 Å². The summed E-state index contributed by atoms with van der Waals surface area (Å²) in [6.07, 6.45) is -0.625. The van der Waals surface area contributed by atoms with Gasteiger partial charge in [-0.15, -0.1) is 18.3 Å². The lowest BCUT2D eigenvalue weighted by Crippen LogP contribution is -2.42. The Morgan fingerprint density at radius 3 is 2.50 bits per heavy atom. The topological polar surface area (TPSA) is 84.6 Å². The van der Waals surface area contributed by atoms with Crippen LogP contribution in [0, 0.1) is 6.92 Å². The highest BCUT2D eigenvalue weighted by molar-refractivity contribution is 8.14. The van der Waals surface area contributed by atoms with E-state index < -0.39 is 12.4 Å². The van der Waals surface area contributed by atoms with E-state index in [4.69, 9.17) is 0 Å². The number of aliphatic imine (C=N–C) groups is 1. The number of nitrogens with one attached hydrogen (secondary N) is 1. The van der Waals surface area contributed by atoms with E-state index in [0.717, 1.165) is 34.6 Å². The number of aryl methyl sites for hydroxylation is 1. The molecule has 1 aliphatic rings. The lowest BCUT2D eigenvalue weighted by molar-refractivity contribution is -0.274. The number of benzene rings is 3. The molecule has 1 N–H and O–H groups in total. The van der Waals surface area contributed by atoms with Gasteiger partial charge in [0, 0.05) is 29.2 Å². The Kier molecular flexibility index (Phi) is 9.85. The molecule has 0 bridgehead atoms. The zero-order chi connectivity index (χ0) is 33.0. The van der Waals surface area contributed by atoms with Crippen molar-refractivity contribution in [1.82, 2.24) is 20.1 Å². The molecule has 1 aromatic heterocycles. The zero-order valence-electron chi connectivity index (χ0n) is 26.2. The summed E-state index contributed by atoms with van der Waals surface area (Å²) in [5, 5.41) is 7.96. The molecule has 2 amide bonds. The molecule has 12 heteroatoms. The maximum Gasteiger partial charge on any atom is 0.573 e. The molecule has 3 aromatic carbocycles. The highest BCUT2D eigenvalue weighted by Gasteiger charge is 2.31. The molecule has 2 heterocycles. The van der Waals surface area contributed by atoms with E-state index in [1.807, 2.05) is 31.2 Å². The number of rotatable bonds is 7. The summed E-state index contributed by atoms with van der Waals surface area (Å²) in [5.41, 5.74) is 6.60. The van der Waals surface area contributed by atoms with Gasteiger partial charge in [-0.3, -0.25) is 0 Å². The first-order valence-electron chi connectivity index (χ1n) is 14.9. The van der Waals surface area contributed by atoms with Gasteiger partial charge in [0.05, 0.1) is 5.69 Å². The lowest BCUT2D eigenvalue weighted by atomic mass is 9.95. The van der Waals surface area contributed by atoms with Crippen LogP contribution in [0.4, 0.5) is 23.7 Å². The van der Waals surface area contributed by atoms with Crippen LogP contribution in [0.2, 0.25) is 0 Å². The largest absolute Gasteiger partial charge is 0.573 e. The fourth-order valence-corrected chi connectivity index (χ4v) is 6.54. The number of allylic oxidation sites excluding steroid dienone is 1. The number of nitrogens with zero attached hydrogens (tertiary/aromatic N) is 5. The maximum atomic E-state index is 13.0. The molecule has 4 aromatic rings. The molecule has 1 saturated heterocycles. The number of urea groups is 1. The lowest BCUT2D eigenvalue weighted by Gasteiger charge is -2.37. The molecular formula is C34H35F3N6O2S. The summed E-state index contributed by atoms with van der Waals surface area (Å²) < 4.78 is 42.7. The number of ether oxygens (including phenoxy) is 1. The Labute approximate surface area is 270 Å². The van der Waals surface area contributed by atoms with Crippen LogP contribution in [0.5, 0.6) is 5.75 Å². The van der Waals surface area contributed by atoms with Crippen molar-refractivity contribution in [2.24, 2.45) is 4.99 Å². The van der Waals surface area contributed by atoms with Gasteiger partial charge in [-0.2, -0.15) is 4.99 Å². The molecular weight excluding hydrogens is 613 g/mol. The number of hydrogen-bond acceptors (Lipinski definition) is 5. The SMILES string of the molecule is C/C(=C\NC(=O)N=C1SCCC(C)N1c1cccc(C)c1C(C)C)c1ccc(-c2ncn(-c3ccc(OC(F)(F)F)cc3)n2)cc1. The number of hydrogen-bond donors (Lipinski definition) is 1. The standard InChI is InChI=1S/C34H35F3N6O2S/c1-21(2)30-22(3)7-6-8-29(30)43-24(5)17-18-46-33(43)40-32(44)38-19-23(4)25-9-11-26(12-10-25)31-39-20-42(41-31)27-13-15-28(16-14-27)45-34(35,36)37/h6-16,19-21,24H,17-18H2,1-5H3,(H,38,44)/b23-19+,40-33?. The van der Waals surface area contributed by atoms with Crippen molar-refractivity contribution in [2.45, 2.75) is 59.4 Å². The van der Waals surface area contributed by atoms with Gasteiger partial charge in [0.2, 0.25) is 0 Å². The average molecular weight is 649 g/mol. The number of aromatic nitrogens is 3. The third-order valence-corrected chi connectivity index (χ3v) is 8.57. The maximum absolute atomic E-state index is 13.0. The van der Waals surface area contributed by atoms with Crippen LogP contribution in [0.15, 0.2) is 84.2 Å².